The molecule has 0 saturated carbocycles. The van der Waals surface area contributed by atoms with Crippen LogP contribution in [0.5, 0.6) is 0 Å². The van der Waals surface area contributed by atoms with E-state index in [1.165, 1.54) is 7.05 Å². The van der Waals surface area contributed by atoms with Gasteiger partial charge in [0.25, 0.3) is 11.5 Å². The minimum Gasteiger partial charge on any atom is -0.321 e. The summed E-state index contributed by atoms with van der Waals surface area (Å²) < 4.78 is 0.859. The highest BCUT2D eigenvalue weighted by molar-refractivity contribution is 6.08. The fourth-order valence-corrected chi connectivity index (χ4v) is 2.25. The predicted octanol–water partition coefficient (Wildman–Crippen LogP) is 1.48. The molecule has 0 spiro atoms. The lowest BCUT2D eigenvalue weighted by Gasteiger charge is -2.08. The van der Waals surface area contributed by atoms with Crippen LogP contribution in [0, 0.1) is 0 Å². The van der Waals surface area contributed by atoms with Crippen LogP contribution in [-0.2, 0) is 7.05 Å². The molecule has 2 aromatic carbocycles. The van der Waals surface area contributed by atoms with Crippen LogP contribution >= 0.6 is 0 Å². The Morgan fingerprint density at radius 2 is 1.82 bits per heavy atom. The number of H-pyrrole nitrogens is 1. The van der Waals surface area contributed by atoms with Crippen LogP contribution in [0.25, 0.3) is 10.8 Å². The second-order valence-electron chi connectivity index (χ2n) is 4.85. The second kappa shape index (κ2) is 5.33. The minimum atomic E-state index is -0.638. The molecule has 1 amide bonds. The van der Waals surface area contributed by atoms with E-state index in [2.05, 4.69) is 10.3 Å². The number of nitrogens with zero attached hydrogens (tertiary/aromatic N) is 1. The Labute approximate surface area is 125 Å². The first-order chi connectivity index (χ1) is 10.6. The van der Waals surface area contributed by atoms with E-state index in [-0.39, 0.29) is 5.56 Å². The highest BCUT2D eigenvalue weighted by Crippen LogP contribution is 2.23. The van der Waals surface area contributed by atoms with E-state index >= 15 is 0 Å². The summed E-state index contributed by atoms with van der Waals surface area (Å²) in [5.74, 6) is -0.562. The van der Waals surface area contributed by atoms with Gasteiger partial charge in [-0.15, -0.1) is 0 Å². The number of hydrogen-bond acceptors (Lipinski definition) is 3. The van der Waals surface area contributed by atoms with Gasteiger partial charge in [-0.1, -0.05) is 36.4 Å². The molecule has 1 heterocycles. The number of aromatic nitrogens is 2. The van der Waals surface area contributed by atoms with Gasteiger partial charge < -0.3 is 10.3 Å². The van der Waals surface area contributed by atoms with Crippen molar-refractivity contribution in [3.05, 3.63) is 75.1 Å². The molecule has 0 saturated heterocycles. The number of aromatic amines is 1. The number of rotatable bonds is 2. The molecule has 6 nitrogen and oxygen atoms in total. The van der Waals surface area contributed by atoms with Gasteiger partial charge in [-0.2, -0.15) is 0 Å². The average molecular weight is 295 g/mol. The lowest BCUT2D eigenvalue weighted by atomic mass is 10.1. The van der Waals surface area contributed by atoms with E-state index in [0.29, 0.717) is 5.69 Å². The molecule has 22 heavy (non-hydrogen) atoms. The molecule has 0 aliphatic carbocycles. The minimum absolute atomic E-state index is 0.116. The van der Waals surface area contributed by atoms with Gasteiger partial charge in [0.15, 0.2) is 0 Å². The second-order valence-corrected chi connectivity index (χ2v) is 4.85. The van der Waals surface area contributed by atoms with E-state index in [4.69, 9.17) is 0 Å². The number of anilines is 1. The third kappa shape index (κ3) is 2.31. The molecule has 0 aliphatic rings. The van der Waals surface area contributed by atoms with E-state index in [1.54, 1.807) is 6.07 Å². The van der Waals surface area contributed by atoms with Crippen molar-refractivity contribution in [2.24, 2.45) is 7.05 Å². The van der Waals surface area contributed by atoms with Crippen LogP contribution in [0.3, 0.4) is 0 Å². The van der Waals surface area contributed by atoms with Crippen molar-refractivity contribution < 1.29 is 4.79 Å². The summed E-state index contributed by atoms with van der Waals surface area (Å²) in [6, 6.07) is 13.1. The van der Waals surface area contributed by atoms with Crippen molar-refractivity contribution in [3.63, 3.8) is 0 Å². The zero-order valence-corrected chi connectivity index (χ0v) is 11.8. The average Bonchev–Trinajstić information content (AvgIpc) is 2.53. The molecule has 0 bridgehead atoms. The van der Waals surface area contributed by atoms with E-state index in [1.807, 2.05) is 36.4 Å². The van der Waals surface area contributed by atoms with E-state index < -0.39 is 17.2 Å². The Morgan fingerprint density at radius 1 is 1.09 bits per heavy atom. The monoisotopic (exact) mass is 295 g/mol. The lowest BCUT2D eigenvalue weighted by Crippen LogP contribution is -2.37. The predicted molar refractivity (Wildman–Crippen MR) is 84.2 cm³/mol. The number of benzene rings is 2. The largest absolute Gasteiger partial charge is 0.328 e. The summed E-state index contributed by atoms with van der Waals surface area (Å²) in [7, 11) is 1.32. The molecule has 0 radical (unpaired) electrons. The van der Waals surface area contributed by atoms with Crippen LogP contribution < -0.4 is 16.6 Å². The first-order valence-electron chi connectivity index (χ1n) is 6.66. The maximum absolute atomic E-state index is 12.3. The fourth-order valence-electron chi connectivity index (χ4n) is 2.25. The van der Waals surface area contributed by atoms with Crippen LogP contribution in [0.4, 0.5) is 5.69 Å². The molecular weight excluding hydrogens is 282 g/mol. The zero-order valence-electron chi connectivity index (χ0n) is 11.8. The molecule has 1 aromatic heterocycles. The Kier molecular flexibility index (Phi) is 3.34. The topological polar surface area (TPSA) is 84.0 Å². The molecule has 6 heteroatoms. The van der Waals surface area contributed by atoms with Crippen LogP contribution in [0.15, 0.2) is 58.3 Å². The van der Waals surface area contributed by atoms with Crippen molar-refractivity contribution in [1.82, 2.24) is 9.55 Å². The number of hydrogen-bond donors (Lipinski definition) is 2. The van der Waals surface area contributed by atoms with Gasteiger partial charge in [0, 0.05) is 24.3 Å². The first-order valence-corrected chi connectivity index (χ1v) is 6.66. The summed E-state index contributed by atoms with van der Waals surface area (Å²) >= 11 is 0. The zero-order chi connectivity index (χ0) is 15.7. The van der Waals surface area contributed by atoms with Crippen molar-refractivity contribution in [2.45, 2.75) is 0 Å². The highest BCUT2D eigenvalue weighted by atomic mass is 16.2. The molecular formula is C16H13N3O3. The third-order valence-electron chi connectivity index (χ3n) is 3.46. The normalized spacial score (nSPS) is 10.6. The Bertz CT molecular complexity index is 980. The smallest absolute Gasteiger partial charge is 0.321 e. The molecule has 0 aliphatic heterocycles. The molecule has 0 atom stereocenters. The number of nitrogens with one attached hydrogen (secondary N) is 2. The molecule has 0 unspecified atom stereocenters. The van der Waals surface area contributed by atoms with E-state index in [9.17, 15) is 14.4 Å². The fraction of sp³-hybridized carbons (Fsp3) is 0.0625. The summed E-state index contributed by atoms with van der Waals surface area (Å²) in [6.07, 6.45) is 1.13. The maximum Gasteiger partial charge on any atom is 0.328 e. The van der Waals surface area contributed by atoms with Crippen LogP contribution in [-0.4, -0.2) is 15.5 Å². The van der Waals surface area contributed by atoms with Crippen molar-refractivity contribution >= 4 is 22.4 Å². The first kappa shape index (κ1) is 13.8. The molecule has 3 rings (SSSR count). The number of carbonyl (C=O) groups is 1. The SMILES string of the molecule is Cn1c(=O)[nH]cc(C(=O)Nc2cccc3ccccc23)c1=O. The van der Waals surface area contributed by atoms with Gasteiger partial charge in [0.1, 0.15) is 5.56 Å². The summed E-state index contributed by atoms with van der Waals surface area (Å²) in [6.45, 7) is 0. The van der Waals surface area contributed by atoms with Gasteiger partial charge in [-0.25, -0.2) is 4.79 Å². The molecule has 3 aromatic rings. The van der Waals surface area contributed by atoms with Gasteiger partial charge in [0.2, 0.25) is 0 Å². The van der Waals surface area contributed by atoms with Crippen molar-refractivity contribution in [3.8, 4) is 0 Å². The highest BCUT2D eigenvalue weighted by Gasteiger charge is 2.14. The summed E-state index contributed by atoms with van der Waals surface area (Å²) in [4.78, 5) is 37.9. The Hall–Kier alpha value is -3.15. The lowest BCUT2D eigenvalue weighted by molar-refractivity contribution is 0.102. The van der Waals surface area contributed by atoms with Crippen molar-refractivity contribution in [1.29, 1.82) is 0 Å². The van der Waals surface area contributed by atoms with Gasteiger partial charge >= 0.3 is 5.69 Å². The summed E-state index contributed by atoms with van der Waals surface area (Å²) in [5, 5.41) is 4.57. The van der Waals surface area contributed by atoms with Gasteiger partial charge in [-0.05, 0) is 11.5 Å². The number of amides is 1. The standard InChI is InChI=1S/C16H13N3O3/c1-19-15(21)12(9-17-16(19)22)14(20)18-13-8-4-6-10-5-2-3-7-11(10)13/h2-9H,1H3,(H,17,22)(H,18,20). The Morgan fingerprint density at radius 3 is 2.64 bits per heavy atom. The van der Waals surface area contributed by atoms with Gasteiger partial charge in [0.05, 0.1) is 0 Å². The van der Waals surface area contributed by atoms with Crippen LogP contribution in [0.2, 0.25) is 0 Å². The number of carbonyl (C=O) groups excluding carboxylic acids is 1. The molecule has 110 valence electrons. The maximum atomic E-state index is 12.3. The van der Waals surface area contributed by atoms with Crippen molar-refractivity contribution in [2.75, 3.05) is 5.32 Å². The third-order valence-corrected chi connectivity index (χ3v) is 3.46. The molecule has 2 N–H and O–H groups in total. The van der Waals surface area contributed by atoms with Crippen LogP contribution in [0.1, 0.15) is 10.4 Å². The van der Waals surface area contributed by atoms with Gasteiger partial charge in [-0.3, -0.25) is 14.2 Å². The Balaban J connectivity index is 2.03. The quantitative estimate of drug-likeness (QED) is 0.751. The molecule has 0 fully saturated rings. The van der Waals surface area contributed by atoms with E-state index in [0.717, 1.165) is 21.5 Å². The summed E-state index contributed by atoms with van der Waals surface area (Å²) in [5.41, 5.74) is -0.709. The number of fused-ring (bicyclic) bond motifs is 1.